The van der Waals surface area contributed by atoms with E-state index < -0.39 is 16.1 Å². The summed E-state index contributed by atoms with van der Waals surface area (Å²) in [7, 11) is -2.19. The Morgan fingerprint density at radius 2 is 1.77 bits per heavy atom. The summed E-state index contributed by atoms with van der Waals surface area (Å²) in [6.07, 6.45) is 1.40. The third-order valence-electron chi connectivity index (χ3n) is 4.50. The van der Waals surface area contributed by atoms with Crippen LogP contribution in [0.2, 0.25) is 0 Å². The van der Waals surface area contributed by atoms with E-state index in [1.165, 1.54) is 7.11 Å². The predicted octanol–water partition coefficient (Wildman–Crippen LogP) is 3.05. The summed E-state index contributed by atoms with van der Waals surface area (Å²) in [4.78, 5) is 12.8. The number of benzene rings is 2. The molecule has 8 heteroatoms. The van der Waals surface area contributed by atoms with Gasteiger partial charge in [-0.25, -0.2) is 8.42 Å². The van der Waals surface area contributed by atoms with Gasteiger partial charge in [0.1, 0.15) is 24.1 Å². The van der Waals surface area contributed by atoms with Crippen LogP contribution in [-0.4, -0.2) is 46.9 Å². The number of rotatable bonds is 10. The maximum Gasteiger partial charge on any atom is 0.244 e. The van der Waals surface area contributed by atoms with Gasteiger partial charge in [-0.2, -0.15) is 0 Å². The van der Waals surface area contributed by atoms with E-state index in [9.17, 15) is 13.2 Å². The lowest BCUT2D eigenvalue weighted by Gasteiger charge is -2.30. The summed E-state index contributed by atoms with van der Waals surface area (Å²) in [6.45, 7) is 6.30. The van der Waals surface area contributed by atoms with Crippen LogP contribution in [0.5, 0.6) is 11.5 Å². The van der Waals surface area contributed by atoms with Crippen molar-refractivity contribution in [3.8, 4) is 11.5 Å². The molecular weight excluding hydrogens is 404 g/mol. The number of hydrogen-bond acceptors (Lipinski definition) is 5. The Kier molecular flexibility index (Phi) is 8.11. The van der Waals surface area contributed by atoms with Gasteiger partial charge in [0.25, 0.3) is 0 Å². The largest absolute Gasteiger partial charge is 0.497 e. The Balaban J connectivity index is 2.08. The van der Waals surface area contributed by atoms with Crippen molar-refractivity contribution in [2.75, 3.05) is 30.8 Å². The summed E-state index contributed by atoms with van der Waals surface area (Å²) in [6, 6.07) is 11.7. The highest BCUT2D eigenvalue weighted by Crippen LogP contribution is 2.26. The van der Waals surface area contributed by atoms with Crippen LogP contribution in [0.25, 0.3) is 0 Å². The first-order chi connectivity index (χ1) is 14.2. The fraction of sp³-hybridized carbons (Fsp3) is 0.409. The molecule has 7 nitrogen and oxygen atoms in total. The maximum absolute atomic E-state index is 12.8. The van der Waals surface area contributed by atoms with Gasteiger partial charge in [0.2, 0.25) is 15.9 Å². The SMILES string of the molecule is CC[C@H](C(=O)NCCOc1cc(C)cc(C)c1)N(c1cccc(OC)c1)S(C)(=O)=O. The topological polar surface area (TPSA) is 84.9 Å². The van der Waals surface area contributed by atoms with Crippen LogP contribution in [0.3, 0.4) is 0 Å². The zero-order chi connectivity index (χ0) is 22.3. The maximum atomic E-state index is 12.8. The lowest BCUT2D eigenvalue weighted by molar-refractivity contribution is -0.122. The molecule has 0 unspecified atom stereocenters. The van der Waals surface area contributed by atoms with E-state index in [-0.39, 0.29) is 19.1 Å². The first-order valence-corrected chi connectivity index (χ1v) is 11.6. The third-order valence-corrected chi connectivity index (χ3v) is 5.68. The number of anilines is 1. The molecule has 0 aromatic heterocycles. The third kappa shape index (κ3) is 6.38. The highest BCUT2D eigenvalue weighted by Gasteiger charge is 2.31. The fourth-order valence-corrected chi connectivity index (χ4v) is 4.49. The quantitative estimate of drug-likeness (QED) is 0.581. The highest BCUT2D eigenvalue weighted by atomic mass is 32.2. The van der Waals surface area contributed by atoms with Crippen LogP contribution in [-0.2, 0) is 14.8 Å². The van der Waals surface area contributed by atoms with Gasteiger partial charge in [0.15, 0.2) is 0 Å². The summed E-state index contributed by atoms with van der Waals surface area (Å²) >= 11 is 0. The van der Waals surface area contributed by atoms with Crippen LogP contribution in [0.15, 0.2) is 42.5 Å². The lowest BCUT2D eigenvalue weighted by Crippen LogP contribution is -2.50. The van der Waals surface area contributed by atoms with Crippen molar-refractivity contribution >= 4 is 21.6 Å². The minimum Gasteiger partial charge on any atom is -0.497 e. The van der Waals surface area contributed by atoms with E-state index in [4.69, 9.17) is 9.47 Å². The number of aryl methyl sites for hydroxylation is 2. The Morgan fingerprint density at radius 3 is 2.33 bits per heavy atom. The van der Waals surface area contributed by atoms with E-state index in [0.29, 0.717) is 17.9 Å². The van der Waals surface area contributed by atoms with Crippen molar-refractivity contribution in [1.29, 1.82) is 0 Å². The zero-order valence-corrected chi connectivity index (χ0v) is 19.0. The minimum atomic E-state index is -3.70. The lowest BCUT2D eigenvalue weighted by atomic mass is 10.1. The first-order valence-electron chi connectivity index (χ1n) is 9.78. The molecule has 0 aliphatic rings. The number of carbonyl (C=O) groups is 1. The van der Waals surface area contributed by atoms with Gasteiger partial charge < -0.3 is 14.8 Å². The number of carbonyl (C=O) groups excluding carboxylic acids is 1. The molecule has 0 bridgehead atoms. The number of methoxy groups -OCH3 is 1. The molecule has 2 rings (SSSR count). The number of amides is 1. The molecule has 0 fully saturated rings. The van der Waals surface area contributed by atoms with Crippen LogP contribution < -0.4 is 19.1 Å². The minimum absolute atomic E-state index is 0.262. The molecule has 0 radical (unpaired) electrons. The Hall–Kier alpha value is -2.74. The second-order valence-electron chi connectivity index (χ2n) is 7.15. The smallest absolute Gasteiger partial charge is 0.244 e. The van der Waals surface area contributed by atoms with Gasteiger partial charge in [0, 0.05) is 6.07 Å². The highest BCUT2D eigenvalue weighted by molar-refractivity contribution is 7.92. The molecular formula is C22H30N2O5S. The average Bonchev–Trinajstić information content (AvgIpc) is 2.67. The normalized spacial score (nSPS) is 12.2. The zero-order valence-electron chi connectivity index (χ0n) is 18.1. The molecule has 164 valence electrons. The molecule has 1 N–H and O–H groups in total. The molecule has 0 saturated carbocycles. The fourth-order valence-electron chi connectivity index (χ4n) is 3.28. The van der Waals surface area contributed by atoms with Gasteiger partial charge in [-0.05, 0) is 55.7 Å². The van der Waals surface area contributed by atoms with E-state index in [1.807, 2.05) is 26.0 Å². The Labute approximate surface area is 179 Å². The number of nitrogens with zero attached hydrogens (tertiary/aromatic N) is 1. The molecule has 1 atom stereocenters. The molecule has 0 aliphatic carbocycles. The summed E-state index contributed by atoms with van der Waals surface area (Å²) < 4.78 is 37.0. The Morgan fingerprint density at radius 1 is 1.10 bits per heavy atom. The van der Waals surface area contributed by atoms with E-state index >= 15 is 0 Å². The van der Waals surface area contributed by atoms with Gasteiger partial charge in [0.05, 0.1) is 25.6 Å². The van der Waals surface area contributed by atoms with Gasteiger partial charge in [-0.15, -0.1) is 0 Å². The molecule has 30 heavy (non-hydrogen) atoms. The molecule has 0 saturated heterocycles. The van der Waals surface area contributed by atoms with Crippen molar-refractivity contribution in [1.82, 2.24) is 5.32 Å². The Bertz CT molecular complexity index is 955. The number of sulfonamides is 1. The summed E-state index contributed by atoms with van der Waals surface area (Å²) in [5.41, 5.74) is 2.58. The molecule has 1 amide bonds. The van der Waals surface area contributed by atoms with Gasteiger partial charge >= 0.3 is 0 Å². The number of hydrogen-bond donors (Lipinski definition) is 1. The molecule has 0 aliphatic heterocycles. The molecule has 0 heterocycles. The second kappa shape index (κ2) is 10.3. The van der Waals surface area contributed by atoms with Crippen LogP contribution >= 0.6 is 0 Å². The average molecular weight is 435 g/mol. The van der Waals surface area contributed by atoms with Crippen molar-refractivity contribution in [2.24, 2.45) is 0 Å². The standard InChI is InChI=1S/C22H30N2O5S/c1-6-21(24(30(5,26)27)18-8-7-9-19(15-18)28-4)22(25)23-10-11-29-20-13-16(2)12-17(3)14-20/h7-9,12-15,21H,6,10-11H2,1-5H3,(H,23,25)/t21-/m1/s1. The van der Waals surface area contributed by atoms with Crippen molar-refractivity contribution in [3.63, 3.8) is 0 Å². The van der Waals surface area contributed by atoms with Gasteiger partial charge in [-0.1, -0.05) is 19.1 Å². The molecule has 2 aromatic carbocycles. The van der Waals surface area contributed by atoms with Crippen LogP contribution in [0, 0.1) is 13.8 Å². The van der Waals surface area contributed by atoms with Crippen LogP contribution in [0.4, 0.5) is 5.69 Å². The molecule has 2 aromatic rings. The van der Waals surface area contributed by atoms with Crippen molar-refractivity contribution in [2.45, 2.75) is 33.2 Å². The summed E-state index contributed by atoms with van der Waals surface area (Å²) in [5.74, 6) is 0.871. The van der Waals surface area contributed by atoms with E-state index in [0.717, 1.165) is 27.4 Å². The van der Waals surface area contributed by atoms with Gasteiger partial charge in [-0.3, -0.25) is 9.10 Å². The summed E-state index contributed by atoms with van der Waals surface area (Å²) in [5, 5.41) is 2.78. The second-order valence-corrected chi connectivity index (χ2v) is 9.01. The van der Waals surface area contributed by atoms with E-state index in [2.05, 4.69) is 11.4 Å². The monoisotopic (exact) mass is 434 g/mol. The number of ether oxygens (including phenoxy) is 2. The van der Waals surface area contributed by atoms with Crippen molar-refractivity contribution in [3.05, 3.63) is 53.6 Å². The van der Waals surface area contributed by atoms with Crippen LogP contribution in [0.1, 0.15) is 24.5 Å². The van der Waals surface area contributed by atoms with Crippen molar-refractivity contribution < 1.29 is 22.7 Å². The molecule has 0 spiro atoms. The first kappa shape index (κ1) is 23.5. The number of nitrogens with one attached hydrogen (secondary N) is 1. The predicted molar refractivity (Wildman–Crippen MR) is 119 cm³/mol. The van der Waals surface area contributed by atoms with E-state index in [1.54, 1.807) is 31.2 Å².